The second kappa shape index (κ2) is 8.24. The van der Waals surface area contributed by atoms with Gasteiger partial charge in [-0.3, -0.25) is 4.98 Å². The van der Waals surface area contributed by atoms with Crippen LogP contribution >= 0.6 is 0 Å². The third kappa shape index (κ3) is 4.65. The molecule has 0 aliphatic rings. The van der Waals surface area contributed by atoms with Crippen LogP contribution < -0.4 is 10.1 Å². The average molecular weight is 335 g/mol. The fraction of sp³-hybridized carbons (Fsp3) is 0.294. The van der Waals surface area contributed by atoms with Gasteiger partial charge in [0.2, 0.25) is 0 Å². The van der Waals surface area contributed by atoms with E-state index in [0.29, 0.717) is 0 Å². The molecule has 0 spiro atoms. The topological polar surface area (TPSA) is 54.5 Å². The number of nitrogens with zero attached hydrogens (tertiary/aromatic N) is 2. The molecule has 0 radical (unpaired) electrons. The van der Waals surface area contributed by atoms with Crippen LogP contribution in [0.1, 0.15) is 18.5 Å². The first-order chi connectivity index (χ1) is 11.5. The molecule has 0 saturated heterocycles. The molecule has 0 saturated carbocycles. The summed E-state index contributed by atoms with van der Waals surface area (Å²) in [5, 5.41) is 2.68. The zero-order valence-corrected chi connectivity index (χ0v) is 13.5. The molecule has 5 nitrogen and oxygen atoms in total. The summed E-state index contributed by atoms with van der Waals surface area (Å²) in [4.78, 5) is 17.7. The first kappa shape index (κ1) is 17.7. The molecule has 0 bridgehead atoms. The Morgan fingerprint density at radius 2 is 2.17 bits per heavy atom. The monoisotopic (exact) mass is 335 g/mol. The normalized spacial score (nSPS) is 11.7. The summed E-state index contributed by atoms with van der Waals surface area (Å²) in [6.07, 6.45) is 3.37. The molecule has 0 unspecified atom stereocenters. The SMILES string of the molecule is C[C@@H](c1cccnc1)N(C)C(=O)NCCOc1ccc(F)cc1F. The van der Waals surface area contributed by atoms with Crippen LogP contribution in [0.25, 0.3) is 0 Å². The van der Waals surface area contributed by atoms with E-state index < -0.39 is 11.6 Å². The van der Waals surface area contributed by atoms with E-state index in [1.54, 1.807) is 19.4 Å². The van der Waals surface area contributed by atoms with E-state index in [2.05, 4.69) is 10.3 Å². The minimum Gasteiger partial charge on any atom is -0.489 e. The van der Waals surface area contributed by atoms with Crippen molar-refractivity contribution in [3.8, 4) is 5.75 Å². The molecule has 7 heteroatoms. The quantitative estimate of drug-likeness (QED) is 0.825. The van der Waals surface area contributed by atoms with Crippen LogP contribution in [0, 0.1) is 11.6 Å². The van der Waals surface area contributed by atoms with Gasteiger partial charge >= 0.3 is 6.03 Å². The first-order valence-corrected chi connectivity index (χ1v) is 7.47. The van der Waals surface area contributed by atoms with E-state index in [0.717, 1.165) is 17.7 Å². The minimum atomic E-state index is -0.774. The predicted molar refractivity (Wildman–Crippen MR) is 85.7 cm³/mol. The molecule has 1 atom stereocenters. The van der Waals surface area contributed by atoms with Gasteiger partial charge in [-0.2, -0.15) is 0 Å². The summed E-state index contributed by atoms with van der Waals surface area (Å²) in [6, 6.07) is 6.34. The van der Waals surface area contributed by atoms with Crippen LogP contribution in [0.2, 0.25) is 0 Å². The Labute approximate surface area is 139 Å². The number of benzene rings is 1. The minimum absolute atomic E-state index is 0.0530. The van der Waals surface area contributed by atoms with Gasteiger partial charge in [0.1, 0.15) is 12.4 Å². The van der Waals surface area contributed by atoms with Crippen molar-refractivity contribution in [2.75, 3.05) is 20.2 Å². The van der Waals surface area contributed by atoms with Gasteiger partial charge in [0.05, 0.1) is 12.6 Å². The molecule has 2 amide bonds. The maximum atomic E-state index is 13.4. The summed E-state index contributed by atoms with van der Waals surface area (Å²) >= 11 is 0. The number of carbonyl (C=O) groups is 1. The summed E-state index contributed by atoms with van der Waals surface area (Å²) in [5.41, 5.74) is 0.916. The highest BCUT2D eigenvalue weighted by molar-refractivity contribution is 5.74. The molecule has 0 aliphatic carbocycles. The number of aromatic nitrogens is 1. The number of nitrogens with one attached hydrogen (secondary N) is 1. The van der Waals surface area contributed by atoms with Crippen LogP contribution in [-0.4, -0.2) is 36.1 Å². The number of ether oxygens (including phenoxy) is 1. The molecule has 128 valence electrons. The Balaban J connectivity index is 1.78. The van der Waals surface area contributed by atoms with Crippen molar-refractivity contribution in [1.82, 2.24) is 15.2 Å². The number of urea groups is 1. The van der Waals surface area contributed by atoms with Crippen LogP contribution in [-0.2, 0) is 0 Å². The summed E-state index contributed by atoms with van der Waals surface area (Å²) < 4.78 is 31.4. The van der Waals surface area contributed by atoms with Crippen LogP contribution in [0.4, 0.5) is 13.6 Å². The van der Waals surface area contributed by atoms with Crippen molar-refractivity contribution in [1.29, 1.82) is 0 Å². The maximum absolute atomic E-state index is 13.4. The van der Waals surface area contributed by atoms with Crippen molar-refractivity contribution in [3.63, 3.8) is 0 Å². The van der Waals surface area contributed by atoms with Crippen molar-refractivity contribution >= 4 is 6.03 Å². The molecular weight excluding hydrogens is 316 g/mol. The summed E-state index contributed by atoms with van der Waals surface area (Å²) in [6.45, 7) is 2.16. The number of pyridine rings is 1. The van der Waals surface area contributed by atoms with Crippen LogP contribution in [0.15, 0.2) is 42.7 Å². The highest BCUT2D eigenvalue weighted by atomic mass is 19.1. The standard InChI is InChI=1S/C17H19F2N3O2/c1-12(13-4-3-7-20-11-13)22(2)17(23)21-8-9-24-16-6-5-14(18)10-15(16)19/h3-7,10-12H,8-9H2,1-2H3,(H,21,23)/t12-/m0/s1. The molecule has 2 aromatic rings. The number of halogens is 2. The van der Waals surface area contributed by atoms with Crippen LogP contribution in [0.5, 0.6) is 5.75 Å². The van der Waals surface area contributed by atoms with Crippen LogP contribution in [0.3, 0.4) is 0 Å². The number of carbonyl (C=O) groups excluding carboxylic acids is 1. The van der Waals surface area contributed by atoms with Gasteiger partial charge in [-0.1, -0.05) is 6.07 Å². The van der Waals surface area contributed by atoms with E-state index in [9.17, 15) is 13.6 Å². The zero-order valence-electron chi connectivity index (χ0n) is 13.5. The third-order valence-electron chi connectivity index (χ3n) is 3.60. The lowest BCUT2D eigenvalue weighted by molar-refractivity contribution is 0.191. The van der Waals surface area contributed by atoms with Gasteiger partial charge in [-0.05, 0) is 30.7 Å². The number of hydrogen-bond acceptors (Lipinski definition) is 3. The molecule has 1 aromatic carbocycles. The Kier molecular flexibility index (Phi) is 6.06. The maximum Gasteiger partial charge on any atom is 0.317 e. The van der Waals surface area contributed by atoms with E-state index in [4.69, 9.17) is 4.74 Å². The Bertz CT molecular complexity index is 683. The van der Waals surface area contributed by atoms with E-state index >= 15 is 0 Å². The van der Waals surface area contributed by atoms with Crippen molar-refractivity contribution in [3.05, 3.63) is 59.9 Å². The van der Waals surface area contributed by atoms with Crippen molar-refractivity contribution in [2.24, 2.45) is 0 Å². The lowest BCUT2D eigenvalue weighted by Crippen LogP contribution is -2.40. The van der Waals surface area contributed by atoms with Gasteiger partial charge in [-0.15, -0.1) is 0 Å². The van der Waals surface area contributed by atoms with E-state index in [-0.39, 0.29) is 31.0 Å². The molecule has 1 N–H and O–H groups in total. The van der Waals surface area contributed by atoms with Gasteiger partial charge in [-0.25, -0.2) is 13.6 Å². The number of hydrogen-bond donors (Lipinski definition) is 1. The van der Waals surface area contributed by atoms with E-state index in [1.807, 2.05) is 19.1 Å². The zero-order chi connectivity index (χ0) is 17.5. The Morgan fingerprint density at radius 1 is 1.38 bits per heavy atom. The van der Waals surface area contributed by atoms with Gasteiger partial charge in [0.15, 0.2) is 11.6 Å². The lowest BCUT2D eigenvalue weighted by Gasteiger charge is -2.25. The van der Waals surface area contributed by atoms with E-state index in [1.165, 1.54) is 11.0 Å². The summed E-state index contributed by atoms with van der Waals surface area (Å²) in [5.74, 6) is -1.49. The predicted octanol–water partition coefficient (Wildman–Crippen LogP) is 3.14. The number of amides is 2. The number of rotatable bonds is 6. The van der Waals surface area contributed by atoms with Crippen molar-refractivity contribution < 1.29 is 18.3 Å². The largest absolute Gasteiger partial charge is 0.489 e. The van der Waals surface area contributed by atoms with Crippen molar-refractivity contribution in [2.45, 2.75) is 13.0 Å². The van der Waals surface area contributed by atoms with Gasteiger partial charge in [0, 0.05) is 25.5 Å². The second-order valence-electron chi connectivity index (χ2n) is 5.23. The molecule has 2 rings (SSSR count). The lowest BCUT2D eigenvalue weighted by atomic mass is 10.1. The molecule has 1 aromatic heterocycles. The first-order valence-electron chi connectivity index (χ1n) is 7.47. The summed E-state index contributed by atoms with van der Waals surface area (Å²) in [7, 11) is 1.67. The van der Waals surface area contributed by atoms with Gasteiger partial charge < -0.3 is 15.0 Å². The smallest absolute Gasteiger partial charge is 0.317 e. The Hall–Kier alpha value is -2.70. The van der Waals surface area contributed by atoms with Gasteiger partial charge in [0.25, 0.3) is 0 Å². The molecule has 1 heterocycles. The molecular formula is C17H19F2N3O2. The Morgan fingerprint density at radius 3 is 2.83 bits per heavy atom. The fourth-order valence-corrected chi connectivity index (χ4v) is 2.06. The highest BCUT2D eigenvalue weighted by Crippen LogP contribution is 2.18. The average Bonchev–Trinajstić information content (AvgIpc) is 2.59. The second-order valence-corrected chi connectivity index (χ2v) is 5.23. The fourth-order valence-electron chi connectivity index (χ4n) is 2.06. The molecule has 0 aliphatic heterocycles. The highest BCUT2D eigenvalue weighted by Gasteiger charge is 2.17. The molecule has 24 heavy (non-hydrogen) atoms. The molecule has 0 fully saturated rings. The third-order valence-corrected chi connectivity index (χ3v) is 3.60.